The molecule has 0 fully saturated rings. The van der Waals surface area contributed by atoms with Crippen molar-refractivity contribution in [3.05, 3.63) is 48.3 Å². The molecule has 112 valence electrons. The van der Waals surface area contributed by atoms with Crippen molar-refractivity contribution in [1.29, 1.82) is 0 Å². The van der Waals surface area contributed by atoms with Gasteiger partial charge in [-0.15, -0.1) is 0 Å². The fourth-order valence-corrected chi connectivity index (χ4v) is 2.06. The predicted molar refractivity (Wildman–Crippen MR) is 84.7 cm³/mol. The smallest absolute Gasteiger partial charge is 0.127 e. The van der Waals surface area contributed by atoms with E-state index in [4.69, 9.17) is 9.47 Å². The van der Waals surface area contributed by atoms with Gasteiger partial charge in [-0.05, 0) is 36.8 Å². The molecule has 0 radical (unpaired) electrons. The lowest BCUT2D eigenvalue weighted by Crippen LogP contribution is -2.24. The predicted octanol–water partition coefficient (Wildman–Crippen LogP) is 2.67. The van der Waals surface area contributed by atoms with Crippen LogP contribution in [0.3, 0.4) is 0 Å². The molecule has 1 heterocycles. The van der Waals surface area contributed by atoms with Gasteiger partial charge in [-0.1, -0.05) is 11.6 Å². The van der Waals surface area contributed by atoms with E-state index in [0.29, 0.717) is 13.2 Å². The molecule has 0 saturated heterocycles. The van der Waals surface area contributed by atoms with Gasteiger partial charge >= 0.3 is 0 Å². The summed E-state index contributed by atoms with van der Waals surface area (Å²) in [6.45, 7) is 5.07. The Hall–Kier alpha value is -1.91. The molecular formula is C17H22N2O2. The van der Waals surface area contributed by atoms with E-state index < -0.39 is 0 Å². The first kappa shape index (κ1) is 15.5. The van der Waals surface area contributed by atoms with Gasteiger partial charge in [0.25, 0.3) is 0 Å². The summed E-state index contributed by atoms with van der Waals surface area (Å²) in [6.07, 6.45) is 3.60. The monoisotopic (exact) mass is 286 g/mol. The molecule has 1 aromatic carbocycles. The van der Waals surface area contributed by atoms with Crippen LogP contribution in [-0.4, -0.2) is 38.4 Å². The highest BCUT2D eigenvalue weighted by Crippen LogP contribution is 2.30. The van der Waals surface area contributed by atoms with E-state index in [1.54, 1.807) is 19.5 Å². The summed E-state index contributed by atoms with van der Waals surface area (Å²) in [4.78, 5) is 4.06. The third kappa shape index (κ3) is 4.85. The molecule has 0 aliphatic carbocycles. The van der Waals surface area contributed by atoms with E-state index in [0.717, 1.165) is 30.0 Å². The highest BCUT2D eigenvalue weighted by molar-refractivity contribution is 5.70. The molecule has 0 saturated carbocycles. The second kappa shape index (κ2) is 8.39. The molecule has 0 unspecified atom stereocenters. The highest BCUT2D eigenvalue weighted by atomic mass is 16.5. The molecule has 2 aromatic rings. The van der Waals surface area contributed by atoms with Gasteiger partial charge in [0.2, 0.25) is 0 Å². The van der Waals surface area contributed by atoms with Crippen molar-refractivity contribution in [2.45, 2.75) is 6.92 Å². The summed E-state index contributed by atoms with van der Waals surface area (Å²) >= 11 is 0. The van der Waals surface area contributed by atoms with Crippen molar-refractivity contribution in [3.8, 4) is 16.9 Å². The van der Waals surface area contributed by atoms with Crippen molar-refractivity contribution in [2.75, 3.05) is 33.4 Å². The first-order valence-electron chi connectivity index (χ1n) is 7.15. The highest BCUT2D eigenvalue weighted by Gasteiger charge is 2.06. The minimum absolute atomic E-state index is 0.630. The number of benzene rings is 1. The van der Waals surface area contributed by atoms with Crippen LogP contribution < -0.4 is 10.1 Å². The lowest BCUT2D eigenvalue weighted by atomic mass is 10.0. The van der Waals surface area contributed by atoms with Crippen LogP contribution in [0, 0.1) is 6.92 Å². The van der Waals surface area contributed by atoms with Crippen LogP contribution >= 0.6 is 0 Å². The second-order valence-corrected chi connectivity index (χ2v) is 4.83. The first-order valence-corrected chi connectivity index (χ1v) is 7.15. The van der Waals surface area contributed by atoms with E-state index in [1.807, 2.05) is 18.2 Å². The summed E-state index contributed by atoms with van der Waals surface area (Å²) in [5, 5.41) is 3.27. The van der Waals surface area contributed by atoms with Crippen LogP contribution in [0.15, 0.2) is 42.7 Å². The molecule has 2 rings (SSSR count). The molecule has 1 N–H and O–H groups in total. The van der Waals surface area contributed by atoms with Crippen LogP contribution in [0.1, 0.15) is 5.56 Å². The molecule has 0 aliphatic heterocycles. The number of aryl methyl sites for hydroxylation is 1. The zero-order valence-corrected chi connectivity index (χ0v) is 12.6. The molecular weight excluding hydrogens is 264 g/mol. The zero-order valence-electron chi connectivity index (χ0n) is 12.6. The molecule has 0 bridgehead atoms. The van der Waals surface area contributed by atoms with Gasteiger partial charge in [0.05, 0.1) is 6.61 Å². The van der Waals surface area contributed by atoms with E-state index >= 15 is 0 Å². The fourth-order valence-electron chi connectivity index (χ4n) is 2.06. The Labute approximate surface area is 126 Å². The summed E-state index contributed by atoms with van der Waals surface area (Å²) in [7, 11) is 1.70. The number of methoxy groups -OCH3 is 1. The van der Waals surface area contributed by atoms with Gasteiger partial charge in [0.1, 0.15) is 12.4 Å². The Morgan fingerprint density at radius 3 is 2.57 bits per heavy atom. The molecule has 21 heavy (non-hydrogen) atoms. The maximum atomic E-state index is 5.90. The number of aromatic nitrogens is 1. The zero-order chi connectivity index (χ0) is 14.9. The van der Waals surface area contributed by atoms with Crippen molar-refractivity contribution in [1.82, 2.24) is 10.3 Å². The summed E-state index contributed by atoms with van der Waals surface area (Å²) in [6, 6.07) is 10.2. The van der Waals surface area contributed by atoms with Gasteiger partial charge in [-0.3, -0.25) is 4.98 Å². The molecule has 0 amide bonds. The maximum Gasteiger partial charge on any atom is 0.127 e. The van der Waals surface area contributed by atoms with Gasteiger partial charge in [0.15, 0.2) is 0 Å². The van der Waals surface area contributed by atoms with E-state index in [2.05, 4.69) is 29.4 Å². The number of ether oxygens (including phenoxy) is 2. The van der Waals surface area contributed by atoms with Crippen LogP contribution in [-0.2, 0) is 4.74 Å². The minimum atomic E-state index is 0.630. The van der Waals surface area contributed by atoms with Crippen molar-refractivity contribution >= 4 is 0 Å². The van der Waals surface area contributed by atoms with Crippen molar-refractivity contribution < 1.29 is 9.47 Å². The second-order valence-electron chi connectivity index (χ2n) is 4.83. The Balaban J connectivity index is 1.99. The summed E-state index contributed by atoms with van der Waals surface area (Å²) in [5.74, 6) is 0.903. The number of nitrogens with zero attached hydrogens (tertiary/aromatic N) is 1. The number of nitrogens with one attached hydrogen (secondary N) is 1. The average Bonchev–Trinajstić information content (AvgIpc) is 2.53. The Morgan fingerprint density at radius 2 is 1.81 bits per heavy atom. The van der Waals surface area contributed by atoms with Crippen LogP contribution in [0.25, 0.3) is 11.1 Å². The number of hydrogen-bond donors (Lipinski definition) is 1. The molecule has 4 heteroatoms. The number of rotatable bonds is 8. The van der Waals surface area contributed by atoms with Gasteiger partial charge in [-0.25, -0.2) is 0 Å². The molecule has 1 aromatic heterocycles. The SMILES string of the molecule is COCCNCCOc1ccc(C)cc1-c1ccncc1. The lowest BCUT2D eigenvalue weighted by Gasteiger charge is -2.13. The quantitative estimate of drug-likeness (QED) is 0.758. The van der Waals surface area contributed by atoms with Gasteiger partial charge in [0, 0.05) is 38.2 Å². The third-order valence-electron chi connectivity index (χ3n) is 3.15. The van der Waals surface area contributed by atoms with Crippen LogP contribution in [0.5, 0.6) is 5.75 Å². The van der Waals surface area contributed by atoms with Crippen LogP contribution in [0.4, 0.5) is 0 Å². The van der Waals surface area contributed by atoms with E-state index in [1.165, 1.54) is 5.56 Å². The first-order chi connectivity index (χ1) is 10.3. The average molecular weight is 286 g/mol. The van der Waals surface area contributed by atoms with Crippen molar-refractivity contribution in [3.63, 3.8) is 0 Å². The molecule has 0 aliphatic rings. The topological polar surface area (TPSA) is 43.4 Å². The van der Waals surface area contributed by atoms with E-state index in [-0.39, 0.29) is 0 Å². The molecule has 4 nitrogen and oxygen atoms in total. The standard InChI is InChI=1S/C17H22N2O2/c1-14-3-4-17(21-12-10-19-9-11-20-2)16(13-14)15-5-7-18-8-6-15/h3-8,13,19H,9-12H2,1-2H3. The van der Waals surface area contributed by atoms with Crippen molar-refractivity contribution in [2.24, 2.45) is 0 Å². The number of hydrogen-bond acceptors (Lipinski definition) is 4. The Bertz CT molecular complexity index is 544. The fraction of sp³-hybridized carbons (Fsp3) is 0.353. The Morgan fingerprint density at radius 1 is 1.05 bits per heavy atom. The largest absolute Gasteiger partial charge is 0.492 e. The maximum absolute atomic E-state index is 5.90. The molecule has 0 atom stereocenters. The Kier molecular flexibility index (Phi) is 6.19. The lowest BCUT2D eigenvalue weighted by molar-refractivity contribution is 0.197. The molecule has 0 spiro atoms. The normalized spacial score (nSPS) is 10.6. The summed E-state index contributed by atoms with van der Waals surface area (Å²) < 4.78 is 10.9. The summed E-state index contributed by atoms with van der Waals surface area (Å²) in [5.41, 5.74) is 3.44. The minimum Gasteiger partial charge on any atom is -0.492 e. The van der Waals surface area contributed by atoms with Gasteiger partial charge in [-0.2, -0.15) is 0 Å². The third-order valence-corrected chi connectivity index (χ3v) is 3.15. The van der Waals surface area contributed by atoms with E-state index in [9.17, 15) is 0 Å². The number of pyridine rings is 1. The van der Waals surface area contributed by atoms with Gasteiger partial charge < -0.3 is 14.8 Å². The van der Waals surface area contributed by atoms with Crippen LogP contribution in [0.2, 0.25) is 0 Å².